The van der Waals surface area contributed by atoms with E-state index in [1.807, 2.05) is 13.2 Å². The first-order valence-corrected chi connectivity index (χ1v) is 3.68. The van der Waals surface area contributed by atoms with Crippen molar-refractivity contribution in [3.63, 3.8) is 0 Å². The van der Waals surface area contributed by atoms with Gasteiger partial charge in [0, 0.05) is 5.25 Å². The Balaban J connectivity index is 3.14. The topological polar surface area (TPSA) is 20.2 Å². The second-order valence-electron chi connectivity index (χ2n) is 1.68. The summed E-state index contributed by atoms with van der Waals surface area (Å²) in [6, 6.07) is 0. The first-order valence-electron chi connectivity index (χ1n) is 2.39. The molecule has 0 unspecified atom stereocenters. The van der Waals surface area contributed by atoms with E-state index in [9.17, 15) is 0 Å². The molecular weight excluding hydrogens is 108 g/mol. The molecule has 44 valence electrons. The molecule has 0 heterocycles. The maximum Gasteiger partial charge on any atom is 0.0627 e. The molecule has 0 aliphatic rings. The molecule has 0 saturated heterocycles. The fraction of sp³-hybridized carbons (Fsp3) is 1.00. The van der Waals surface area contributed by atoms with Crippen molar-refractivity contribution in [2.24, 2.45) is 0 Å². The van der Waals surface area contributed by atoms with Gasteiger partial charge >= 0.3 is 0 Å². The van der Waals surface area contributed by atoms with E-state index in [4.69, 9.17) is 5.11 Å². The molecule has 0 aromatic heterocycles. The van der Waals surface area contributed by atoms with Crippen LogP contribution in [0.5, 0.6) is 0 Å². The van der Waals surface area contributed by atoms with Crippen LogP contribution in [0.4, 0.5) is 0 Å². The summed E-state index contributed by atoms with van der Waals surface area (Å²) in [5.74, 6) is 0. The molecule has 0 aliphatic carbocycles. The predicted molar refractivity (Wildman–Crippen MR) is 34.7 cm³/mol. The summed E-state index contributed by atoms with van der Waals surface area (Å²) in [5, 5.41) is 9.18. The summed E-state index contributed by atoms with van der Waals surface area (Å²) in [5.41, 5.74) is 0. The van der Waals surface area contributed by atoms with Crippen molar-refractivity contribution in [3.8, 4) is 0 Å². The Morgan fingerprint density at radius 1 is 1.43 bits per heavy atom. The maximum absolute atomic E-state index is 8.80. The molecule has 1 nitrogen and oxygen atoms in total. The first-order chi connectivity index (χ1) is 3.18. The van der Waals surface area contributed by atoms with Crippen LogP contribution in [-0.4, -0.2) is 22.7 Å². The van der Waals surface area contributed by atoms with Crippen LogP contribution in [0.1, 0.15) is 13.8 Å². The Labute approximate surface area is 49.1 Å². The van der Waals surface area contributed by atoms with Crippen molar-refractivity contribution < 1.29 is 5.11 Å². The lowest BCUT2D eigenvalue weighted by atomic mass is 10.3. The van der Waals surface area contributed by atoms with Gasteiger partial charge in [0.1, 0.15) is 0 Å². The number of rotatable bonds is 2. The van der Waals surface area contributed by atoms with Crippen LogP contribution in [-0.2, 0) is 0 Å². The van der Waals surface area contributed by atoms with Gasteiger partial charge in [0.05, 0.1) is 6.10 Å². The van der Waals surface area contributed by atoms with E-state index in [1.165, 1.54) is 0 Å². The molecule has 0 spiro atoms. The summed E-state index contributed by atoms with van der Waals surface area (Å²) in [4.78, 5) is 0. The lowest BCUT2D eigenvalue weighted by molar-refractivity contribution is 0.196. The number of thioether (sulfide) groups is 1. The fourth-order valence-electron chi connectivity index (χ4n) is 0.197. The van der Waals surface area contributed by atoms with E-state index >= 15 is 0 Å². The number of aliphatic hydroxyl groups is 1. The molecule has 0 saturated carbocycles. The SMILES string of the molecule is CS[C@@H](C)[C@@H](C)O. The van der Waals surface area contributed by atoms with Gasteiger partial charge in [0.25, 0.3) is 0 Å². The van der Waals surface area contributed by atoms with Gasteiger partial charge in [-0.15, -0.1) is 0 Å². The Morgan fingerprint density at radius 2 is 1.86 bits per heavy atom. The van der Waals surface area contributed by atoms with Crippen molar-refractivity contribution in [3.05, 3.63) is 0 Å². The average molecular weight is 120 g/mol. The molecule has 0 amide bonds. The van der Waals surface area contributed by atoms with Crippen molar-refractivity contribution in [2.45, 2.75) is 25.2 Å². The summed E-state index contributed by atoms with van der Waals surface area (Å²) in [6.45, 7) is 3.82. The van der Waals surface area contributed by atoms with E-state index in [-0.39, 0.29) is 6.10 Å². The van der Waals surface area contributed by atoms with Crippen LogP contribution in [0.25, 0.3) is 0 Å². The third-order valence-corrected chi connectivity index (χ3v) is 2.19. The highest BCUT2D eigenvalue weighted by atomic mass is 32.2. The van der Waals surface area contributed by atoms with Gasteiger partial charge in [-0.05, 0) is 13.2 Å². The maximum atomic E-state index is 8.80. The molecule has 0 aromatic carbocycles. The zero-order valence-corrected chi connectivity index (χ0v) is 5.83. The van der Waals surface area contributed by atoms with E-state index in [2.05, 4.69) is 0 Å². The molecule has 2 heteroatoms. The van der Waals surface area contributed by atoms with E-state index in [0.717, 1.165) is 0 Å². The van der Waals surface area contributed by atoms with Gasteiger partial charge in [-0.1, -0.05) is 6.92 Å². The standard InChI is InChI=1S/C5H12OS/c1-4(6)5(2)7-3/h4-6H,1-3H3/t4-,5+/m1/s1. The molecule has 0 aromatic rings. The van der Waals surface area contributed by atoms with E-state index in [0.29, 0.717) is 5.25 Å². The summed E-state index contributed by atoms with van der Waals surface area (Å²) in [7, 11) is 0. The Kier molecular flexibility index (Phi) is 3.48. The zero-order chi connectivity index (χ0) is 5.86. The average Bonchev–Trinajstić information content (AvgIpc) is 1.65. The lowest BCUT2D eigenvalue weighted by Gasteiger charge is -2.09. The van der Waals surface area contributed by atoms with Crippen molar-refractivity contribution in [2.75, 3.05) is 6.26 Å². The summed E-state index contributed by atoms with van der Waals surface area (Å²) >= 11 is 1.68. The Morgan fingerprint density at radius 3 is 1.86 bits per heavy atom. The largest absolute Gasteiger partial charge is 0.392 e. The van der Waals surface area contributed by atoms with Crippen molar-refractivity contribution in [1.29, 1.82) is 0 Å². The predicted octanol–water partition coefficient (Wildman–Crippen LogP) is 1.12. The van der Waals surface area contributed by atoms with Gasteiger partial charge in [0.15, 0.2) is 0 Å². The van der Waals surface area contributed by atoms with Gasteiger partial charge in [-0.3, -0.25) is 0 Å². The quantitative estimate of drug-likeness (QED) is 0.589. The van der Waals surface area contributed by atoms with E-state index in [1.54, 1.807) is 18.7 Å². The van der Waals surface area contributed by atoms with Crippen molar-refractivity contribution >= 4 is 11.8 Å². The van der Waals surface area contributed by atoms with Gasteiger partial charge in [-0.25, -0.2) is 0 Å². The highest BCUT2D eigenvalue weighted by molar-refractivity contribution is 7.99. The number of aliphatic hydroxyl groups excluding tert-OH is 1. The smallest absolute Gasteiger partial charge is 0.0627 e. The Hall–Kier alpha value is 0.310. The first kappa shape index (κ1) is 7.31. The fourth-order valence-corrected chi connectivity index (χ4v) is 0.591. The van der Waals surface area contributed by atoms with Gasteiger partial charge in [0.2, 0.25) is 0 Å². The lowest BCUT2D eigenvalue weighted by Crippen LogP contribution is -2.14. The molecule has 0 fully saturated rings. The number of hydrogen-bond acceptors (Lipinski definition) is 2. The second-order valence-corrected chi connectivity index (χ2v) is 2.90. The third-order valence-electron chi connectivity index (χ3n) is 1.05. The normalized spacial score (nSPS) is 18.9. The highest BCUT2D eigenvalue weighted by Gasteiger charge is 2.03. The molecule has 0 radical (unpaired) electrons. The zero-order valence-electron chi connectivity index (χ0n) is 5.01. The number of hydrogen-bond donors (Lipinski definition) is 1. The molecule has 0 rings (SSSR count). The van der Waals surface area contributed by atoms with Crippen LogP contribution in [0.15, 0.2) is 0 Å². The summed E-state index contributed by atoms with van der Waals surface area (Å²) in [6.07, 6.45) is 1.83. The third kappa shape index (κ3) is 2.94. The molecular formula is C5H12OS. The molecule has 0 aliphatic heterocycles. The van der Waals surface area contributed by atoms with Gasteiger partial charge in [-0.2, -0.15) is 11.8 Å². The molecule has 7 heavy (non-hydrogen) atoms. The van der Waals surface area contributed by atoms with Gasteiger partial charge < -0.3 is 5.11 Å². The minimum atomic E-state index is -0.171. The minimum absolute atomic E-state index is 0.171. The molecule has 0 bridgehead atoms. The van der Waals surface area contributed by atoms with E-state index < -0.39 is 0 Å². The van der Waals surface area contributed by atoms with Crippen LogP contribution < -0.4 is 0 Å². The highest BCUT2D eigenvalue weighted by Crippen LogP contribution is 2.08. The summed E-state index contributed by atoms with van der Waals surface area (Å²) < 4.78 is 0. The second kappa shape index (κ2) is 3.33. The molecule has 1 N–H and O–H groups in total. The monoisotopic (exact) mass is 120 g/mol. The van der Waals surface area contributed by atoms with Crippen LogP contribution in [0.3, 0.4) is 0 Å². The van der Waals surface area contributed by atoms with Crippen LogP contribution in [0, 0.1) is 0 Å². The van der Waals surface area contributed by atoms with Crippen LogP contribution in [0.2, 0.25) is 0 Å². The van der Waals surface area contributed by atoms with Crippen LogP contribution >= 0.6 is 11.8 Å². The Bertz CT molecular complexity index is 45.3. The minimum Gasteiger partial charge on any atom is -0.392 e. The van der Waals surface area contributed by atoms with Crippen molar-refractivity contribution in [1.82, 2.24) is 0 Å². The molecule has 2 atom stereocenters.